The highest BCUT2D eigenvalue weighted by atomic mass is 16.4. The molecule has 0 fully saturated rings. The molecule has 24 heavy (non-hydrogen) atoms. The highest BCUT2D eigenvalue weighted by molar-refractivity contribution is 5.67. The van der Waals surface area contributed by atoms with Crippen LogP contribution >= 0.6 is 0 Å². The summed E-state index contributed by atoms with van der Waals surface area (Å²) in [6.45, 7) is 7.55. The Morgan fingerprint density at radius 2 is 1.17 bits per heavy atom. The first-order chi connectivity index (χ1) is 10.9. The summed E-state index contributed by atoms with van der Waals surface area (Å²) in [5.41, 5.74) is 10.4. The fraction of sp³-hybridized carbons (Fsp3) is 0.857. The van der Waals surface area contributed by atoms with Crippen LogP contribution in [0.5, 0.6) is 0 Å². The zero-order chi connectivity index (χ0) is 19.0. The third-order valence-corrected chi connectivity index (χ3v) is 3.49. The van der Waals surface area contributed by atoms with Crippen molar-refractivity contribution in [2.24, 2.45) is 21.7 Å². The fourth-order valence-corrected chi connectivity index (χ4v) is 1.55. The summed E-state index contributed by atoms with van der Waals surface area (Å²) in [4.78, 5) is 21.0. The molecule has 0 aromatic heterocycles. The lowest BCUT2D eigenvalue weighted by Gasteiger charge is -2.31. The molecular weight excluding hydrogens is 316 g/mol. The Kier molecular flexibility index (Phi) is 8.97. The van der Waals surface area contributed by atoms with Gasteiger partial charge in [0.25, 0.3) is 0 Å². The molecule has 0 bridgehead atoms. The van der Waals surface area contributed by atoms with Gasteiger partial charge in [0.15, 0.2) is 0 Å². The fourth-order valence-electron chi connectivity index (χ4n) is 1.55. The van der Waals surface area contributed by atoms with Crippen LogP contribution in [0.1, 0.15) is 40.5 Å². The first-order valence-electron chi connectivity index (χ1n) is 7.74. The number of nitrogens with two attached hydrogens (primary N) is 2. The number of aliphatic carboxylic acids is 2. The molecule has 0 aliphatic rings. The van der Waals surface area contributed by atoms with Gasteiger partial charge in [0.05, 0.1) is 25.2 Å². The van der Waals surface area contributed by atoms with Gasteiger partial charge in [-0.05, 0) is 27.7 Å². The standard InChI is InChI=1S/C14H30N6O4/c1-13(2,11(15)17-7-5-9(21)22)19-20-14(3,4)12(16)18-8-6-10(23)24/h11-12,17-18H,5-8,15-16H2,1-4H3,(H,21,22)(H,23,24). The summed E-state index contributed by atoms with van der Waals surface area (Å²) < 4.78 is 0. The summed E-state index contributed by atoms with van der Waals surface area (Å²) >= 11 is 0. The molecule has 2 atom stereocenters. The number of carboxylic acids is 2. The number of hydrogen-bond acceptors (Lipinski definition) is 8. The summed E-state index contributed by atoms with van der Waals surface area (Å²) in [6.07, 6.45) is -1.23. The highest BCUT2D eigenvalue weighted by Gasteiger charge is 2.30. The largest absolute Gasteiger partial charge is 0.481 e. The highest BCUT2D eigenvalue weighted by Crippen LogP contribution is 2.18. The summed E-state index contributed by atoms with van der Waals surface area (Å²) in [5, 5.41) is 31.5. The van der Waals surface area contributed by atoms with Crippen molar-refractivity contribution >= 4 is 11.9 Å². The van der Waals surface area contributed by atoms with Gasteiger partial charge < -0.3 is 21.7 Å². The van der Waals surface area contributed by atoms with Crippen LogP contribution in [0, 0.1) is 0 Å². The Morgan fingerprint density at radius 3 is 1.42 bits per heavy atom. The van der Waals surface area contributed by atoms with Gasteiger partial charge in [-0.3, -0.25) is 20.2 Å². The normalized spacial score (nSPS) is 15.4. The van der Waals surface area contributed by atoms with Crippen LogP contribution in [0.2, 0.25) is 0 Å². The average molecular weight is 346 g/mol. The van der Waals surface area contributed by atoms with Crippen LogP contribution in [0.3, 0.4) is 0 Å². The lowest BCUT2D eigenvalue weighted by Crippen LogP contribution is -2.54. The van der Waals surface area contributed by atoms with Gasteiger partial charge in [-0.25, -0.2) is 0 Å². The van der Waals surface area contributed by atoms with Crippen LogP contribution in [-0.2, 0) is 9.59 Å². The number of nitrogens with zero attached hydrogens (tertiary/aromatic N) is 2. The molecule has 0 radical (unpaired) electrons. The molecule has 0 aliphatic heterocycles. The molecule has 0 spiro atoms. The topological polar surface area (TPSA) is 175 Å². The Bertz CT molecular complexity index is 413. The molecule has 0 rings (SSSR count). The van der Waals surface area contributed by atoms with Crippen molar-refractivity contribution in [3.8, 4) is 0 Å². The van der Waals surface area contributed by atoms with E-state index >= 15 is 0 Å². The second-order valence-corrected chi connectivity index (χ2v) is 6.66. The van der Waals surface area contributed by atoms with Crippen molar-refractivity contribution in [1.29, 1.82) is 0 Å². The smallest absolute Gasteiger partial charge is 0.304 e. The number of carbonyl (C=O) groups is 2. The molecule has 140 valence electrons. The summed E-state index contributed by atoms with van der Waals surface area (Å²) in [7, 11) is 0. The predicted molar refractivity (Wildman–Crippen MR) is 89.5 cm³/mol. The van der Waals surface area contributed by atoms with E-state index in [9.17, 15) is 9.59 Å². The van der Waals surface area contributed by atoms with E-state index in [0.717, 1.165) is 0 Å². The van der Waals surface area contributed by atoms with Crippen LogP contribution in [-0.4, -0.2) is 58.7 Å². The van der Waals surface area contributed by atoms with E-state index in [-0.39, 0.29) is 25.9 Å². The number of carboxylic acid groups (broad SMARTS) is 2. The van der Waals surface area contributed by atoms with Crippen molar-refractivity contribution in [2.45, 2.75) is 63.9 Å². The van der Waals surface area contributed by atoms with E-state index in [1.807, 2.05) is 0 Å². The van der Waals surface area contributed by atoms with Gasteiger partial charge in [0.1, 0.15) is 11.1 Å². The molecule has 8 N–H and O–H groups in total. The first-order valence-corrected chi connectivity index (χ1v) is 7.74. The zero-order valence-electron chi connectivity index (χ0n) is 14.7. The Balaban J connectivity index is 4.62. The number of rotatable bonds is 12. The van der Waals surface area contributed by atoms with Crippen molar-refractivity contribution in [3.05, 3.63) is 0 Å². The maximum atomic E-state index is 10.5. The van der Waals surface area contributed by atoms with E-state index in [4.69, 9.17) is 21.7 Å². The molecule has 0 aliphatic carbocycles. The SMILES string of the molecule is CC(C)(N=NC(C)(C)C(N)NCCC(=O)O)C(N)NCCC(=O)O. The summed E-state index contributed by atoms with van der Waals surface area (Å²) in [6, 6.07) is 0. The molecule has 10 nitrogen and oxygen atoms in total. The molecular formula is C14H30N6O4. The van der Waals surface area contributed by atoms with Gasteiger partial charge in [0.2, 0.25) is 0 Å². The molecule has 2 unspecified atom stereocenters. The van der Waals surface area contributed by atoms with Crippen molar-refractivity contribution in [2.75, 3.05) is 13.1 Å². The zero-order valence-corrected chi connectivity index (χ0v) is 14.7. The van der Waals surface area contributed by atoms with Crippen molar-refractivity contribution in [3.63, 3.8) is 0 Å². The molecule has 10 heteroatoms. The van der Waals surface area contributed by atoms with Crippen LogP contribution in [0.15, 0.2) is 10.2 Å². The Hall–Kier alpha value is -1.62. The van der Waals surface area contributed by atoms with Crippen molar-refractivity contribution in [1.82, 2.24) is 10.6 Å². The van der Waals surface area contributed by atoms with Gasteiger partial charge in [0, 0.05) is 13.1 Å². The second kappa shape index (κ2) is 9.62. The lowest BCUT2D eigenvalue weighted by atomic mass is 10.0. The van der Waals surface area contributed by atoms with E-state index in [1.165, 1.54) is 0 Å². The van der Waals surface area contributed by atoms with Crippen molar-refractivity contribution < 1.29 is 19.8 Å². The van der Waals surface area contributed by atoms with Gasteiger partial charge in [-0.15, -0.1) is 0 Å². The maximum Gasteiger partial charge on any atom is 0.304 e. The molecule has 0 saturated heterocycles. The Morgan fingerprint density at radius 1 is 0.875 bits per heavy atom. The van der Waals surface area contributed by atoms with E-state index in [0.29, 0.717) is 0 Å². The van der Waals surface area contributed by atoms with Crippen LogP contribution in [0.4, 0.5) is 0 Å². The Labute approximate surface area is 142 Å². The number of azo groups is 1. The minimum Gasteiger partial charge on any atom is -0.481 e. The minimum atomic E-state index is -0.909. The first kappa shape index (κ1) is 22.4. The van der Waals surface area contributed by atoms with Crippen LogP contribution < -0.4 is 22.1 Å². The summed E-state index contributed by atoms with van der Waals surface area (Å²) in [5.74, 6) is -1.82. The second-order valence-electron chi connectivity index (χ2n) is 6.66. The molecule has 0 heterocycles. The third-order valence-electron chi connectivity index (χ3n) is 3.49. The van der Waals surface area contributed by atoms with Gasteiger partial charge >= 0.3 is 11.9 Å². The van der Waals surface area contributed by atoms with E-state index in [1.54, 1.807) is 27.7 Å². The third kappa shape index (κ3) is 8.87. The quantitative estimate of drug-likeness (QED) is 0.206. The van der Waals surface area contributed by atoms with E-state index < -0.39 is 35.3 Å². The average Bonchev–Trinajstić information content (AvgIpc) is 2.44. The monoisotopic (exact) mass is 346 g/mol. The minimum absolute atomic E-state index is 0.0369. The molecule has 0 aromatic carbocycles. The van der Waals surface area contributed by atoms with Crippen LogP contribution in [0.25, 0.3) is 0 Å². The number of nitrogens with one attached hydrogen (secondary N) is 2. The van der Waals surface area contributed by atoms with Gasteiger partial charge in [-0.1, -0.05) is 0 Å². The maximum absolute atomic E-state index is 10.5. The lowest BCUT2D eigenvalue weighted by molar-refractivity contribution is -0.138. The predicted octanol–water partition coefficient (Wildman–Crippen LogP) is -0.306. The molecule has 0 saturated carbocycles. The number of hydrogen-bond donors (Lipinski definition) is 6. The van der Waals surface area contributed by atoms with Gasteiger partial charge in [-0.2, -0.15) is 10.2 Å². The van der Waals surface area contributed by atoms with E-state index in [2.05, 4.69) is 20.9 Å². The molecule has 0 amide bonds. The molecule has 0 aromatic rings.